The molecule has 11 heteroatoms. The van der Waals surface area contributed by atoms with Crippen molar-refractivity contribution in [2.45, 2.75) is 47.7 Å². The van der Waals surface area contributed by atoms with E-state index in [1.54, 1.807) is 36.4 Å². The third-order valence-corrected chi connectivity index (χ3v) is 14.6. The zero-order chi connectivity index (χ0) is 31.7. The number of aryl methyl sites for hydroxylation is 4. The van der Waals surface area contributed by atoms with Gasteiger partial charge in [0, 0.05) is 28.0 Å². The van der Waals surface area contributed by atoms with Crippen molar-refractivity contribution in [3.63, 3.8) is 0 Å². The first-order chi connectivity index (χ1) is 20.4. The van der Waals surface area contributed by atoms with Crippen LogP contribution in [0, 0.1) is 32.1 Å². The molecule has 7 nitrogen and oxygen atoms in total. The Morgan fingerprint density at radius 2 is 1.07 bits per heavy atom. The van der Waals surface area contributed by atoms with Crippen molar-refractivity contribution in [3.8, 4) is 11.8 Å². The van der Waals surface area contributed by atoms with Crippen LogP contribution in [0.25, 0.3) is 0 Å². The van der Waals surface area contributed by atoms with Gasteiger partial charge in [0.15, 0.2) is 0 Å². The maximum atomic E-state index is 13.8. The maximum absolute atomic E-state index is 13.8. The molecule has 0 saturated heterocycles. The Morgan fingerprint density at radius 1 is 0.674 bits per heavy atom. The molecule has 4 aromatic carbocycles. The molecule has 226 valence electrons. The molecule has 0 aromatic heterocycles. The van der Waals surface area contributed by atoms with Crippen LogP contribution < -0.4 is 10.5 Å². The highest BCUT2D eigenvalue weighted by molar-refractivity contribution is 8.81. The molecule has 0 aliphatic heterocycles. The molecule has 0 unspecified atom stereocenters. The smallest absolute Gasteiger partial charge is 0.234 e. The van der Waals surface area contributed by atoms with Crippen LogP contribution in [0.1, 0.15) is 34.2 Å². The van der Waals surface area contributed by atoms with Crippen molar-refractivity contribution >= 4 is 39.3 Å². The van der Waals surface area contributed by atoms with Crippen LogP contribution in [-0.4, -0.2) is 28.1 Å². The lowest BCUT2D eigenvalue weighted by Crippen LogP contribution is -2.33. The predicted octanol–water partition coefficient (Wildman–Crippen LogP) is 6.97. The second-order valence-corrected chi connectivity index (χ2v) is 17.9. The second kappa shape index (κ2) is 14.9. The number of nitrogens with zero attached hydrogens (tertiary/aromatic N) is 1. The molecule has 0 radical (unpaired) electrons. The fourth-order valence-electron chi connectivity index (χ4n) is 3.85. The Bertz CT molecular complexity index is 1670. The Balaban J connectivity index is 0.00000248. The summed E-state index contributed by atoms with van der Waals surface area (Å²) >= 11 is 0. The number of hydrogen-bond donors (Lipinski definition) is 1. The first-order valence-corrected chi connectivity index (χ1v) is 18.9. The van der Waals surface area contributed by atoms with E-state index in [2.05, 4.69) is 5.73 Å². The van der Waals surface area contributed by atoms with Crippen LogP contribution in [0.15, 0.2) is 107 Å². The van der Waals surface area contributed by atoms with Gasteiger partial charge in [0.05, 0.1) is 21.4 Å². The average molecular weight is 655 g/mol. The van der Waals surface area contributed by atoms with E-state index in [9.17, 15) is 22.1 Å². The number of nitriles is 1. The minimum atomic E-state index is -4.09. The summed E-state index contributed by atoms with van der Waals surface area (Å²) in [5.74, 6) is 0.242. The monoisotopic (exact) mass is 654 g/mol. The molecular weight excluding hydrogens is 621 g/mol. The largest absolute Gasteiger partial charge is 0.465 e. The number of ether oxygens (including phenoxy) is 1. The van der Waals surface area contributed by atoms with Crippen molar-refractivity contribution in [3.05, 3.63) is 125 Å². The van der Waals surface area contributed by atoms with Crippen LogP contribution in [0.4, 0.5) is 0 Å². The highest BCUT2D eigenvalue weighted by atomic mass is 33.2. The van der Waals surface area contributed by atoms with Crippen LogP contribution >= 0.6 is 21.6 Å². The third kappa shape index (κ3) is 9.61. The minimum Gasteiger partial charge on any atom is -0.465 e. The fraction of sp³-hybridized carbons (Fsp3) is 0.219. The molecule has 0 heterocycles. The minimum absolute atomic E-state index is 0.0432. The van der Waals surface area contributed by atoms with Crippen molar-refractivity contribution in [1.82, 2.24) is 0 Å². The highest BCUT2D eigenvalue weighted by Gasteiger charge is 2.45. The highest BCUT2D eigenvalue weighted by Crippen LogP contribution is 2.51. The van der Waals surface area contributed by atoms with Gasteiger partial charge in [-0.3, -0.25) is 0 Å². The zero-order valence-corrected chi connectivity index (χ0v) is 27.6. The van der Waals surface area contributed by atoms with Gasteiger partial charge in [-0.05, 0) is 88.3 Å². The average Bonchev–Trinajstić information content (AvgIpc) is 2.98. The number of benzene rings is 4. The first-order valence-electron chi connectivity index (χ1n) is 13.3. The second-order valence-electron chi connectivity index (χ2n) is 9.61. The van der Waals surface area contributed by atoms with E-state index in [1.807, 2.05) is 51.1 Å². The lowest BCUT2D eigenvalue weighted by molar-refractivity contribution is 0.248. The van der Waals surface area contributed by atoms with Gasteiger partial charge in [0.25, 0.3) is 0 Å². The summed E-state index contributed by atoms with van der Waals surface area (Å²) in [5.41, 5.74) is 8.66. The van der Waals surface area contributed by atoms with Gasteiger partial charge >= 0.3 is 0 Å². The van der Waals surface area contributed by atoms with Gasteiger partial charge in [0.2, 0.25) is 22.0 Å². The Hall–Kier alpha value is -3.27. The summed E-state index contributed by atoms with van der Waals surface area (Å²) in [7, 11) is -5.72. The van der Waals surface area contributed by atoms with Gasteiger partial charge in [-0.1, -0.05) is 65.2 Å². The standard InChI is InChI=1S/C31H29NO5S4.CH5N/c1-23-4-10-26(11-5-23)20-21-31(37-28-14-12-27(22-32)13-15-28,38-40(33,34)29-16-6-24(2)7-17-29)39-41(35,36)30-18-8-25(3)9-19-30;1-2/h4-19H,20-21H2,1-3H3;2H2,1H3. The lowest BCUT2D eigenvalue weighted by Gasteiger charge is -2.32. The number of nitrogens with two attached hydrogens (primary N) is 1. The van der Waals surface area contributed by atoms with Gasteiger partial charge in [-0.2, -0.15) is 5.26 Å². The molecule has 0 fully saturated rings. The van der Waals surface area contributed by atoms with Gasteiger partial charge in [-0.25, -0.2) is 16.8 Å². The van der Waals surface area contributed by atoms with Gasteiger partial charge in [-0.15, -0.1) is 0 Å². The fourth-order valence-corrected chi connectivity index (χ4v) is 13.0. The number of rotatable bonds is 11. The maximum Gasteiger partial charge on any atom is 0.234 e. The van der Waals surface area contributed by atoms with Crippen molar-refractivity contribution in [2.24, 2.45) is 5.73 Å². The Morgan fingerprint density at radius 3 is 1.47 bits per heavy atom. The van der Waals surface area contributed by atoms with Crippen LogP contribution in [0.3, 0.4) is 0 Å². The van der Waals surface area contributed by atoms with E-state index in [1.165, 1.54) is 43.4 Å². The molecule has 2 N–H and O–H groups in total. The lowest BCUT2D eigenvalue weighted by atomic mass is 10.1. The molecule has 0 saturated carbocycles. The summed E-state index contributed by atoms with van der Waals surface area (Å²) < 4.78 is 59.8. The summed E-state index contributed by atoms with van der Waals surface area (Å²) in [6, 6.07) is 28.7. The predicted molar refractivity (Wildman–Crippen MR) is 176 cm³/mol. The molecule has 0 bridgehead atoms. The van der Waals surface area contributed by atoms with E-state index in [4.69, 9.17) is 4.74 Å². The van der Waals surface area contributed by atoms with E-state index >= 15 is 0 Å². The quantitative estimate of drug-likeness (QED) is 0.135. The van der Waals surface area contributed by atoms with Crippen LogP contribution in [0.5, 0.6) is 5.75 Å². The van der Waals surface area contributed by atoms with Crippen molar-refractivity contribution in [2.75, 3.05) is 7.05 Å². The normalized spacial score (nSPS) is 11.6. The van der Waals surface area contributed by atoms with E-state index in [0.29, 0.717) is 33.6 Å². The first kappa shape index (κ1) is 34.2. The topological polar surface area (TPSA) is 127 Å². The van der Waals surface area contributed by atoms with Crippen LogP contribution in [-0.2, 0) is 24.2 Å². The van der Waals surface area contributed by atoms with Gasteiger partial charge < -0.3 is 10.5 Å². The summed E-state index contributed by atoms with van der Waals surface area (Å²) in [6.45, 7) is 5.68. The Labute approximate surface area is 262 Å². The van der Waals surface area contributed by atoms with Crippen LogP contribution in [0.2, 0.25) is 0 Å². The molecule has 0 aliphatic carbocycles. The summed E-state index contributed by atoms with van der Waals surface area (Å²) in [5, 5.41) is 9.23. The zero-order valence-electron chi connectivity index (χ0n) is 24.4. The number of hydrogen-bond acceptors (Lipinski definition) is 9. The molecule has 4 aromatic rings. The molecule has 4 rings (SSSR count). The van der Waals surface area contributed by atoms with Crippen molar-refractivity contribution < 1.29 is 21.6 Å². The molecule has 0 amide bonds. The summed E-state index contributed by atoms with van der Waals surface area (Å²) in [6.07, 6.45) is 0.394. The molecular formula is C32H34N2O5S4. The van der Waals surface area contributed by atoms with E-state index in [0.717, 1.165) is 22.3 Å². The third-order valence-electron chi connectivity index (χ3n) is 6.19. The molecule has 43 heavy (non-hydrogen) atoms. The Kier molecular flexibility index (Phi) is 11.9. The summed E-state index contributed by atoms with van der Waals surface area (Å²) in [4.78, 5) is 0.0918. The molecule has 0 atom stereocenters. The molecule has 0 spiro atoms. The van der Waals surface area contributed by atoms with Gasteiger partial charge in [0.1, 0.15) is 5.75 Å². The SMILES string of the molecule is CN.Cc1ccc(CCC(Oc2ccc(C#N)cc2)(SS(=O)(=O)c2ccc(C)cc2)SS(=O)(=O)c2ccc(C)cc2)cc1. The van der Waals surface area contributed by atoms with E-state index in [-0.39, 0.29) is 22.0 Å². The van der Waals surface area contributed by atoms with Crippen molar-refractivity contribution in [1.29, 1.82) is 5.26 Å². The van der Waals surface area contributed by atoms with E-state index < -0.39 is 22.0 Å². The molecule has 0 aliphatic rings.